The van der Waals surface area contributed by atoms with Crippen LogP contribution >= 0.6 is 0 Å². The lowest BCUT2D eigenvalue weighted by atomic mass is 9.82. The van der Waals surface area contributed by atoms with Crippen LogP contribution in [0.4, 0.5) is 0 Å². The number of carboxylic acid groups (broad SMARTS) is 1. The first kappa shape index (κ1) is 15.2. The number of carbonyl (C=O) groups is 1. The van der Waals surface area contributed by atoms with Crippen molar-refractivity contribution in [1.82, 2.24) is 20.2 Å². The highest BCUT2D eigenvalue weighted by atomic mass is 16.4. The zero-order valence-corrected chi connectivity index (χ0v) is 12.6. The summed E-state index contributed by atoms with van der Waals surface area (Å²) in [5, 5.41) is 21.3. The van der Waals surface area contributed by atoms with Crippen LogP contribution in [0.1, 0.15) is 32.3 Å². The third-order valence-corrected chi connectivity index (χ3v) is 4.18. The molecular formula is C15H20N4O2. The SMILES string of the molecule is CCC(CC)(Cn1nnnc1-c1ccccc1C)C(=O)O. The van der Waals surface area contributed by atoms with E-state index in [0.29, 0.717) is 18.7 Å². The summed E-state index contributed by atoms with van der Waals surface area (Å²) in [7, 11) is 0. The van der Waals surface area contributed by atoms with Gasteiger partial charge in [0.2, 0.25) is 0 Å². The van der Waals surface area contributed by atoms with Crippen molar-refractivity contribution >= 4 is 5.97 Å². The molecule has 0 amide bonds. The minimum absolute atomic E-state index is 0.270. The number of hydrogen-bond donors (Lipinski definition) is 1. The van der Waals surface area contributed by atoms with Crippen LogP contribution in [0.15, 0.2) is 24.3 Å². The van der Waals surface area contributed by atoms with E-state index in [1.807, 2.05) is 45.0 Å². The number of tetrazole rings is 1. The molecule has 0 aliphatic rings. The molecule has 0 aliphatic heterocycles. The predicted molar refractivity (Wildman–Crippen MR) is 78.6 cm³/mol. The number of hydrogen-bond acceptors (Lipinski definition) is 4. The molecule has 21 heavy (non-hydrogen) atoms. The van der Waals surface area contributed by atoms with Crippen LogP contribution in [-0.2, 0) is 11.3 Å². The van der Waals surface area contributed by atoms with Crippen LogP contribution in [0.25, 0.3) is 11.4 Å². The van der Waals surface area contributed by atoms with Gasteiger partial charge in [0.05, 0.1) is 12.0 Å². The summed E-state index contributed by atoms with van der Waals surface area (Å²) in [5.41, 5.74) is 1.14. The number of carboxylic acids is 1. The average Bonchev–Trinajstić information content (AvgIpc) is 2.92. The van der Waals surface area contributed by atoms with E-state index in [9.17, 15) is 9.90 Å². The molecule has 2 aromatic rings. The largest absolute Gasteiger partial charge is 0.481 e. The van der Waals surface area contributed by atoms with Crippen molar-refractivity contribution in [2.24, 2.45) is 5.41 Å². The van der Waals surface area contributed by atoms with Gasteiger partial charge in [0.1, 0.15) is 0 Å². The van der Waals surface area contributed by atoms with E-state index < -0.39 is 11.4 Å². The van der Waals surface area contributed by atoms with Gasteiger partial charge in [0, 0.05) is 5.56 Å². The van der Waals surface area contributed by atoms with Crippen LogP contribution in [-0.4, -0.2) is 31.3 Å². The van der Waals surface area contributed by atoms with Gasteiger partial charge in [0.15, 0.2) is 5.82 Å². The van der Waals surface area contributed by atoms with Gasteiger partial charge < -0.3 is 5.11 Å². The molecule has 0 radical (unpaired) electrons. The number of aromatic nitrogens is 4. The summed E-state index contributed by atoms with van der Waals surface area (Å²) in [6.45, 7) is 6.02. The Kier molecular flexibility index (Phi) is 4.35. The van der Waals surface area contributed by atoms with E-state index in [2.05, 4.69) is 15.5 Å². The molecular weight excluding hydrogens is 268 g/mol. The third-order valence-electron chi connectivity index (χ3n) is 4.18. The summed E-state index contributed by atoms with van der Waals surface area (Å²) in [6.07, 6.45) is 1.07. The van der Waals surface area contributed by atoms with E-state index in [4.69, 9.17) is 0 Å². The second kappa shape index (κ2) is 6.03. The van der Waals surface area contributed by atoms with Gasteiger partial charge in [-0.25, -0.2) is 4.68 Å². The van der Waals surface area contributed by atoms with Gasteiger partial charge in [0.25, 0.3) is 0 Å². The molecule has 1 heterocycles. The van der Waals surface area contributed by atoms with Crippen molar-refractivity contribution in [3.63, 3.8) is 0 Å². The quantitative estimate of drug-likeness (QED) is 0.883. The van der Waals surface area contributed by atoms with Crippen LogP contribution in [0.2, 0.25) is 0 Å². The van der Waals surface area contributed by atoms with E-state index in [-0.39, 0.29) is 6.54 Å². The number of nitrogens with zero attached hydrogens (tertiary/aromatic N) is 4. The smallest absolute Gasteiger partial charge is 0.311 e. The summed E-state index contributed by atoms with van der Waals surface area (Å²) in [6, 6.07) is 7.80. The fourth-order valence-electron chi connectivity index (χ4n) is 2.46. The molecule has 0 aliphatic carbocycles. The number of rotatable bonds is 6. The lowest BCUT2D eigenvalue weighted by molar-refractivity contribution is -0.150. The lowest BCUT2D eigenvalue weighted by Crippen LogP contribution is -2.35. The Hall–Kier alpha value is -2.24. The van der Waals surface area contributed by atoms with Crippen molar-refractivity contribution in [2.45, 2.75) is 40.2 Å². The van der Waals surface area contributed by atoms with E-state index >= 15 is 0 Å². The Morgan fingerprint density at radius 1 is 1.29 bits per heavy atom. The van der Waals surface area contributed by atoms with Gasteiger partial charge in [-0.1, -0.05) is 38.1 Å². The molecule has 0 atom stereocenters. The lowest BCUT2D eigenvalue weighted by Gasteiger charge is -2.26. The van der Waals surface area contributed by atoms with Gasteiger partial charge in [-0.2, -0.15) is 0 Å². The van der Waals surface area contributed by atoms with Crippen molar-refractivity contribution in [2.75, 3.05) is 0 Å². The third kappa shape index (κ3) is 2.79. The fourth-order valence-corrected chi connectivity index (χ4v) is 2.46. The second-order valence-corrected chi connectivity index (χ2v) is 5.27. The first-order valence-electron chi connectivity index (χ1n) is 7.09. The summed E-state index contributed by atoms with van der Waals surface area (Å²) < 4.78 is 1.60. The zero-order valence-electron chi connectivity index (χ0n) is 12.6. The molecule has 1 aromatic carbocycles. The van der Waals surface area contributed by atoms with E-state index in [1.165, 1.54) is 0 Å². The summed E-state index contributed by atoms with van der Waals surface area (Å²) in [4.78, 5) is 11.6. The Bertz CT molecular complexity index is 632. The van der Waals surface area contributed by atoms with Crippen molar-refractivity contribution < 1.29 is 9.90 Å². The number of aryl methyl sites for hydroxylation is 1. The number of benzene rings is 1. The maximum atomic E-state index is 11.6. The molecule has 0 saturated carbocycles. The highest BCUT2D eigenvalue weighted by Crippen LogP contribution is 2.30. The Labute approximate surface area is 123 Å². The molecule has 112 valence electrons. The Morgan fingerprint density at radius 3 is 2.52 bits per heavy atom. The standard InChI is InChI=1S/C15H20N4O2/c1-4-15(5-2,14(20)21)10-19-13(16-17-18-19)12-9-7-6-8-11(12)3/h6-9H,4-5,10H2,1-3H3,(H,20,21). The molecule has 1 N–H and O–H groups in total. The van der Waals surface area contributed by atoms with Gasteiger partial charge in [-0.3, -0.25) is 4.79 Å². The minimum atomic E-state index is -0.840. The molecule has 6 nitrogen and oxygen atoms in total. The topological polar surface area (TPSA) is 80.9 Å². The molecule has 0 spiro atoms. The maximum Gasteiger partial charge on any atom is 0.311 e. The first-order chi connectivity index (χ1) is 10.0. The highest BCUT2D eigenvalue weighted by molar-refractivity contribution is 5.74. The van der Waals surface area contributed by atoms with Crippen molar-refractivity contribution in [3.05, 3.63) is 29.8 Å². The normalized spacial score (nSPS) is 11.6. The monoisotopic (exact) mass is 288 g/mol. The number of aliphatic carboxylic acids is 1. The molecule has 0 saturated heterocycles. The molecule has 2 rings (SSSR count). The molecule has 1 aromatic heterocycles. The molecule has 0 bridgehead atoms. The molecule has 0 fully saturated rings. The predicted octanol–water partition coefficient (Wildman–Crippen LogP) is 2.54. The van der Waals surface area contributed by atoms with Gasteiger partial charge in [-0.15, -0.1) is 5.10 Å². The summed E-state index contributed by atoms with van der Waals surface area (Å²) in [5.74, 6) is -0.195. The maximum absolute atomic E-state index is 11.6. The van der Waals surface area contributed by atoms with Gasteiger partial charge >= 0.3 is 5.97 Å². The minimum Gasteiger partial charge on any atom is -0.481 e. The van der Waals surface area contributed by atoms with Crippen LogP contribution in [0, 0.1) is 12.3 Å². The first-order valence-corrected chi connectivity index (χ1v) is 7.09. The van der Waals surface area contributed by atoms with Crippen LogP contribution in [0.3, 0.4) is 0 Å². The average molecular weight is 288 g/mol. The van der Waals surface area contributed by atoms with E-state index in [0.717, 1.165) is 11.1 Å². The van der Waals surface area contributed by atoms with Gasteiger partial charge in [-0.05, 0) is 35.8 Å². The summed E-state index contributed by atoms with van der Waals surface area (Å²) >= 11 is 0. The molecule has 0 unspecified atom stereocenters. The second-order valence-electron chi connectivity index (χ2n) is 5.27. The Balaban J connectivity index is 2.42. The van der Waals surface area contributed by atoms with Crippen LogP contribution < -0.4 is 0 Å². The molecule has 6 heteroatoms. The zero-order chi connectivity index (χ0) is 15.5. The van der Waals surface area contributed by atoms with E-state index in [1.54, 1.807) is 4.68 Å². The van der Waals surface area contributed by atoms with Crippen molar-refractivity contribution in [1.29, 1.82) is 0 Å². The van der Waals surface area contributed by atoms with Crippen LogP contribution in [0.5, 0.6) is 0 Å². The highest BCUT2D eigenvalue weighted by Gasteiger charge is 2.36. The fraction of sp³-hybridized carbons (Fsp3) is 0.467. The Morgan fingerprint density at radius 2 is 1.95 bits per heavy atom. The van der Waals surface area contributed by atoms with Crippen molar-refractivity contribution in [3.8, 4) is 11.4 Å².